The summed E-state index contributed by atoms with van der Waals surface area (Å²) in [6.07, 6.45) is 3.80. The Morgan fingerprint density at radius 3 is 2.88 bits per heavy atom. The van der Waals surface area contributed by atoms with E-state index in [1.807, 2.05) is 0 Å². The van der Waals surface area contributed by atoms with Gasteiger partial charge in [0.15, 0.2) is 6.67 Å². The average Bonchev–Trinajstić information content (AvgIpc) is 2.69. The van der Waals surface area contributed by atoms with Crippen molar-refractivity contribution in [2.24, 2.45) is 5.92 Å². The highest BCUT2D eigenvalue weighted by molar-refractivity contribution is 5.15. The van der Waals surface area contributed by atoms with E-state index in [1.165, 1.54) is 16.9 Å². The molecule has 1 aromatic heterocycles. The van der Waals surface area contributed by atoms with Crippen LogP contribution >= 0.6 is 0 Å². The van der Waals surface area contributed by atoms with Crippen molar-refractivity contribution in [3.8, 4) is 0 Å². The van der Waals surface area contributed by atoms with Crippen LogP contribution in [0.5, 0.6) is 0 Å². The Labute approximate surface area is 94.0 Å². The number of piperidine rings is 1. The molecule has 1 aliphatic rings. The Balaban J connectivity index is 1.98. The summed E-state index contributed by atoms with van der Waals surface area (Å²) in [7, 11) is 0. The van der Waals surface area contributed by atoms with Crippen molar-refractivity contribution in [3.63, 3.8) is 0 Å². The van der Waals surface area contributed by atoms with Gasteiger partial charge in [-0.1, -0.05) is 12.0 Å². The summed E-state index contributed by atoms with van der Waals surface area (Å²) in [5.41, 5.74) is 0. The summed E-state index contributed by atoms with van der Waals surface area (Å²) in [6, 6.07) is 1.44. The van der Waals surface area contributed by atoms with Crippen molar-refractivity contribution >= 4 is 5.82 Å². The molecule has 1 aliphatic heterocycles. The van der Waals surface area contributed by atoms with E-state index < -0.39 is 0 Å². The first kappa shape index (κ1) is 11.1. The first-order chi connectivity index (χ1) is 7.66. The third-order valence-electron chi connectivity index (χ3n) is 3.09. The minimum absolute atomic E-state index is 0.0682. The normalized spacial score (nSPS) is 18.8. The molecule has 0 radical (unpaired) electrons. The van der Waals surface area contributed by atoms with Gasteiger partial charge in [-0.15, -0.1) is 4.68 Å². The molecule has 6 heteroatoms. The number of hydrogen-bond donors (Lipinski definition) is 0. The van der Waals surface area contributed by atoms with Gasteiger partial charge >= 0.3 is 5.82 Å². The molecular formula is C10H16N4O2. The van der Waals surface area contributed by atoms with Gasteiger partial charge < -0.3 is 10.1 Å². The van der Waals surface area contributed by atoms with Crippen LogP contribution in [-0.2, 0) is 6.67 Å². The molecule has 0 unspecified atom stereocenters. The van der Waals surface area contributed by atoms with Gasteiger partial charge in [0.25, 0.3) is 0 Å². The lowest BCUT2D eigenvalue weighted by molar-refractivity contribution is -0.393. The third kappa shape index (κ3) is 2.38. The van der Waals surface area contributed by atoms with Crippen LogP contribution in [0.25, 0.3) is 0 Å². The smallest absolute Gasteiger partial charge is 0.346 e. The van der Waals surface area contributed by atoms with Crippen molar-refractivity contribution in [2.45, 2.75) is 26.4 Å². The summed E-state index contributed by atoms with van der Waals surface area (Å²) in [6.45, 7) is 4.76. The predicted molar refractivity (Wildman–Crippen MR) is 58.9 cm³/mol. The van der Waals surface area contributed by atoms with Gasteiger partial charge in [-0.25, -0.2) is 0 Å². The monoisotopic (exact) mass is 224 g/mol. The second-order valence-electron chi connectivity index (χ2n) is 4.39. The molecule has 0 amide bonds. The number of likely N-dealkylation sites (tertiary alicyclic amines) is 1. The zero-order valence-electron chi connectivity index (χ0n) is 9.37. The molecule has 1 saturated heterocycles. The number of aromatic nitrogens is 2. The van der Waals surface area contributed by atoms with Crippen LogP contribution in [0.15, 0.2) is 12.3 Å². The van der Waals surface area contributed by atoms with Gasteiger partial charge in [0.05, 0.1) is 12.3 Å². The highest BCUT2D eigenvalue weighted by atomic mass is 16.6. The van der Waals surface area contributed by atoms with Gasteiger partial charge in [-0.3, -0.25) is 4.90 Å². The van der Waals surface area contributed by atoms with Gasteiger partial charge in [-0.2, -0.15) is 0 Å². The molecule has 2 heterocycles. The summed E-state index contributed by atoms with van der Waals surface area (Å²) in [5, 5.41) is 14.7. The molecule has 1 fully saturated rings. The van der Waals surface area contributed by atoms with Gasteiger partial charge in [0.2, 0.25) is 0 Å². The highest BCUT2D eigenvalue weighted by Gasteiger charge is 2.20. The Hall–Kier alpha value is -1.43. The molecule has 16 heavy (non-hydrogen) atoms. The van der Waals surface area contributed by atoms with Crippen molar-refractivity contribution < 1.29 is 4.92 Å². The van der Waals surface area contributed by atoms with Gasteiger partial charge in [0.1, 0.15) is 0 Å². The maximum atomic E-state index is 10.7. The Morgan fingerprint density at radius 2 is 2.25 bits per heavy atom. The van der Waals surface area contributed by atoms with Gasteiger partial charge in [0, 0.05) is 13.1 Å². The number of nitro groups is 1. The number of rotatable bonds is 3. The van der Waals surface area contributed by atoms with Crippen LogP contribution in [0.3, 0.4) is 0 Å². The zero-order chi connectivity index (χ0) is 11.5. The number of hydrogen-bond acceptors (Lipinski definition) is 4. The molecule has 0 aliphatic carbocycles. The van der Waals surface area contributed by atoms with Crippen LogP contribution in [0, 0.1) is 16.0 Å². The summed E-state index contributed by atoms with van der Waals surface area (Å²) >= 11 is 0. The topological polar surface area (TPSA) is 64.2 Å². The zero-order valence-corrected chi connectivity index (χ0v) is 9.37. The Bertz CT molecular complexity index is 369. The van der Waals surface area contributed by atoms with E-state index in [9.17, 15) is 10.1 Å². The van der Waals surface area contributed by atoms with E-state index in [0.29, 0.717) is 6.67 Å². The first-order valence-electron chi connectivity index (χ1n) is 5.55. The SMILES string of the molecule is CC1CCN(Cn2nccc2[N+](=O)[O-])CC1. The molecule has 0 atom stereocenters. The molecule has 88 valence electrons. The van der Waals surface area contributed by atoms with Crippen LogP contribution in [-0.4, -0.2) is 32.7 Å². The molecule has 0 bridgehead atoms. The molecular weight excluding hydrogens is 208 g/mol. The van der Waals surface area contributed by atoms with Crippen molar-refractivity contribution in [1.82, 2.24) is 14.7 Å². The van der Waals surface area contributed by atoms with E-state index in [4.69, 9.17) is 0 Å². The third-order valence-corrected chi connectivity index (χ3v) is 3.09. The molecule has 0 N–H and O–H groups in total. The molecule has 0 spiro atoms. The Kier molecular flexibility index (Phi) is 3.19. The van der Waals surface area contributed by atoms with Crippen LogP contribution in [0.1, 0.15) is 19.8 Å². The number of nitrogens with zero attached hydrogens (tertiary/aromatic N) is 4. The van der Waals surface area contributed by atoms with E-state index in [0.717, 1.165) is 31.8 Å². The second-order valence-corrected chi connectivity index (χ2v) is 4.39. The maximum absolute atomic E-state index is 10.7. The quantitative estimate of drug-likeness (QED) is 0.576. The maximum Gasteiger partial charge on any atom is 0.346 e. The second kappa shape index (κ2) is 4.61. The molecule has 6 nitrogen and oxygen atoms in total. The Morgan fingerprint density at radius 1 is 1.56 bits per heavy atom. The van der Waals surface area contributed by atoms with Crippen LogP contribution < -0.4 is 0 Å². The highest BCUT2D eigenvalue weighted by Crippen LogP contribution is 2.18. The van der Waals surface area contributed by atoms with Gasteiger partial charge in [-0.05, 0) is 23.7 Å². The lowest BCUT2D eigenvalue weighted by atomic mass is 10.00. The summed E-state index contributed by atoms with van der Waals surface area (Å²) in [4.78, 5) is 12.5. The van der Waals surface area contributed by atoms with E-state index in [2.05, 4.69) is 16.9 Å². The van der Waals surface area contributed by atoms with E-state index in [-0.39, 0.29) is 10.7 Å². The van der Waals surface area contributed by atoms with Crippen molar-refractivity contribution in [2.75, 3.05) is 13.1 Å². The molecule has 1 aromatic rings. The average molecular weight is 224 g/mol. The minimum atomic E-state index is -0.389. The largest absolute Gasteiger partial charge is 0.358 e. The lowest BCUT2D eigenvalue weighted by Crippen LogP contribution is -2.34. The van der Waals surface area contributed by atoms with E-state index >= 15 is 0 Å². The fraction of sp³-hybridized carbons (Fsp3) is 0.700. The van der Waals surface area contributed by atoms with Crippen LogP contribution in [0.2, 0.25) is 0 Å². The van der Waals surface area contributed by atoms with E-state index in [1.54, 1.807) is 0 Å². The van der Waals surface area contributed by atoms with Crippen LogP contribution in [0.4, 0.5) is 5.82 Å². The standard InChI is InChI=1S/C10H16N4O2/c1-9-3-6-12(7-4-9)8-13-10(14(15)16)2-5-11-13/h2,5,9H,3-4,6-8H2,1H3. The lowest BCUT2D eigenvalue weighted by Gasteiger charge is -2.28. The summed E-state index contributed by atoms with van der Waals surface area (Å²) in [5.74, 6) is 0.836. The van der Waals surface area contributed by atoms with Crippen molar-refractivity contribution in [1.29, 1.82) is 0 Å². The predicted octanol–water partition coefficient (Wildman–Crippen LogP) is 1.48. The minimum Gasteiger partial charge on any atom is -0.358 e. The fourth-order valence-corrected chi connectivity index (χ4v) is 1.98. The first-order valence-corrected chi connectivity index (χ1v) is 5.55. The molecule has 0 saturated carbocycles. The molecule has 0 aromatic carbocycles. The summed E-state index contributed by atoms with van der Waals surface area (Å²) < 4.78 is 1.45. The van der Waals surface area contributed by atoms with Crippen molar-refractivity contribution in [3.05, 3.63) is 22.4 Å². The fourth-order valence-electron chi connectivity index (χ4n) is 1.98. The molecule has 2 rings (SSSR count).